The Morgan fingerprint density at radius 1 is 0.852 bits per heavy atom. The number of hydrogen-bond acceptors (Lipinski definition) is 2. The minimum Gasteiger partial charge on any atom is -0.486 e. The first-order valence-corrected chi connectivity index (χ1v) is 10.6. The van der Waals surface area contributed by atoms with E-state index in [4.69, 9.17) is 27.9 Å². The van der Waals surface area contributed by atoms with E-state index >= 15 is 0 Å². The largest absolute Gasteiger partial charge is 0.486 e. The summed E-state index contributed by atoms with van der Waals surface area (Å²) in [6, 6.07) is 17.8. The zero-order valence-electron chi connectivity index (χ0n) is 14.5. The highest BCUT2D eigenvalue weighted by molar-refractivity contribution is 9.10. The zero-order valence-corrected chi connectivity index (χ0v) is 19.2. The lowest BCUT2D eigenvalue weighted by atomic mass is 10.1. The third-order valence-electron chi connectivity index (χ3n) is 4.03. The molecule has 0 saturated heterocycles. The van der Waals surface area contributed by atoms with Gasteiger partial charge in [-0.25, -0.2) is 0 Å². The van der Waals surface area contributed by atoms with Gasteiger partial charge in [-0.15, -0.1) is 0 Å². The maximum atomic E-state index is 6.41. The van der Waals surface area contributed by atoms with E-state index in [-0.39, 0.29) is 0 Å². The topological polar surface area (TPSA) is 21.3 Å². The highest BCUT2D eigenvalue weighted by atomic mass is 79.9. The molecule has 140 valence electrons. The second kappa shape index (κ2) is 9.33. The normalized spacial score (nSPS) is 10.7. The molecule has 0 bridgehead atoms. The van der Waals surface area contributed by atoms with Gasteiger partial charge in [0.25, 0.3) is 0 Å². The van der Waals surface area contributed by atoms with Gasteiger partial charge in [-0.3, -0.25) is 0 Å². The van der Waals surface area contributed by atoms with Gasteiger partial charge >= 0.3 is 0 Å². The highest BCUT2D eigenvalue weighted by Gasteiger charge is 2.11. The van der Waals surface area contributed by atoms with E-state index in [1.807, 2.05) is 48.5 Å². The van der Waals surface area contributed by atoms with Crippen molar-refractivity contribution in [2.45, 2.75) is 20.1 Å². The van der Waals surface area contributed by atoms with Crippen LogP contribution >= 0.6 is 55.1 Å². The van der Waals surface area contributed by atoms with Crippen LogP contribution in [0.4, 0.5) is 5.69 Å². The van der Waals surface area contributed by atoms with Gasteiger partial charge in [0.2, 0.25) is 0 Å². The summed E-state index contributed by atoms with van der Waals surface area (Å²) < 4.78 is 7.93. The highest BCUT2D eigenvalue weighted by Crippen LogP contribution is 2.35. The molecule has 0 aliphatic heterocycles. The zero-order chi connectivity index (χ0) is 19.4. The molecule has 2 nitrogen and oxygen atoms in total. The maximum Gasteiger partial charge on any atom is 0.156 e. The summed E-state index contributed by atoms with van der Waals surface area (Å²) in [5.74, 6) is 0.504. The molecule has 6 heteroatoms. The second-order valence-corrected chi connectivity index (χ2v) is 8.76. The average molecular weight is 530 g/mol. The van der Waals surface area contributed by atoms with Crippen molar-refractivity contribution in [3.05, 3.63) is 90.3 Å². The Morgan fingerprint density at radius 3 is 2.11 bits per heavy atom. The summed E-state index contributed by atoms with van der Waals surface area (Å²) in [5, 5.41) is 4.42. The van der Waals surface area contributed by atoms with Gasteiger partial charge in [-0.05, 0) is 66.1 Å². The molecule has 0 aromatic heterocycles. The first-order chi connectivity index (χ1) is 12.9. The van der Waals surface area contributed by atoms with E-state index in [2.05, 4.69) is 50.2 Å². The number of aryl methyl sites for hydroxylation is 1. The molecular weight excluding hydrogens is 513 g/mol. The van der Waals surface area contributed by atoms with Crippen molar-refractivity contribution in [1.29, 1.82) is 0 Å². The van der Waals surface area contributed by atoms with Crippen molar-refractivity contribution in [2.24, 2.45) is 0 Å². The Balaban J connectivity index is 1.67. The number of nitrogens with one attached hydrogen (secondary N) is 1. The van der Waals surface area contributed by atoms with Gasteiger partial charge < -0.3 is 10.1 Å². The quantitative estimate of drug-likeness (QED) is 0.349. The standard InChI is InChI=1S/C21H17Br2Cl2NO/c1-13-8-17(23)6-7-20(13)26-11-15-9-18(24)21(19(25)10-15)27-12-14-2-4-16(22)5-3-14/h2-10,26H,11-12H2,1H3. The lowest BCUT2D eigenvalue weighted by Crippen LogP contribution is -2.02. The summed E-state index contributed by atoms with van der Waals surface area (Å²) in [6.45, 7) is 3.09. The Hall–Kier alpha value is -1.20. The fourth-order valence-corrected chi connectivity index (χ4v) is 3.99. The monoisotopic (exact) mass is 527 g/mol. The van der Waals surface area contributed by atoms with E-state index in [0.717, 1.165) is 31.3 Å². The van der Waals surface area contributed by atoms with Crippen LogP contribution in [0, 0.1) is 6.92 Å². The second-order valence-electron chi connectivity index (χ2n) is 6.12. The van der Waals surface area contributed by atoms with Gasteiger partial charge in [0.15, 0.2) is 5.75 Å². The number of benzene rings is 3. The molecule has 0 saturated carbocycles. The average Bonchev–Trinajstić information content (AvgIpc) is 2.62. The van der Waals surface area contributed by atoms with Crippen LogP contribution in [0.1, 0.15) is 16.7 Å². The Labute approximate surface area is 186 Å². The molecule has 0 unspecified atom stereocenters. The molecule has 0 fully saturated rings. The fraction of sp³-hybridized carbons (Fsp3) is 0.143. The maximum absolute atomic E-state index is 6.41. The van der Waals surface area contributed by atoms with Crippen LogP contribution in [-0.2, 0) is 13.2 Å². The fourth-order valence-electron chi connectivity index (χ4n) is 2.61. The molecule has 0 amide bonds. The number of ether oxygens (including phenoxy) is 1. The van der Waals surface area contributed by atoms with E-state index < -0.39 is 0 Å². The molecule has 0 heterocycles. The molecule has 0 aliphatic rings. The van der Waals surface area contributed by atoms with Gasteiger partial charge in [0.1, 0.15) is 6.61 Å². The minimum atomic E-state index is 0.405. The van der Waals surface area contributed by atoms with Crippen molar-refractivity contribution >= 4 is 60.7 Å². The molecule has 3 rings (SSSR count). The van der Waals surface area contributed by atoms with E-state index in [0.29, 0.717) is 28.9 Å². The molecule has 3 aromatic rings. The van der Waals surface area contributed by atoms with Crippen molar-refractivity contribution < 1.29 is 4.74 Å². The van der Waals surface area contributed by atoms with E-state index in [1.165, 1.54) is 0 Å². The molecule has 1 N–H and O–H groups in total. The molecular formula is C21H17Br2Cl2NO. The Bertz CT molecular complexity index is 922. The summed E-state index contributed by atoms with van der Waals surface area (Å²) in [5.41, 5.74) is 4.27. The van der Waals surface area contributed by atoms with Crippen LogP contribution in [0.15, 0.2) is 63.5 Å². The summed E-state index contributed by atoms with van der Waals surface area (Å²) in [4.78, 5) is 0. The molecule has 27 heavy (non-hydrogen) atoms. The third kappa shape index (κ3) is 5.64. The van der Waals surface area contributed by atoms with Crippen LogP contribution < -0.4 is 10.1 Å². The number of rotatable bonds is 6. The van der Waals surface area contributed by atoms with E-state index in [9.17, 15) is 0 Å². The van der Waals surface area contributed by atoms with Crippen LogP contribution in [0.2, 0.25) is 10.0 Å². The molecule has 0 atom stereocenters. The summed E-state index contributed by atoms with van der Waals surface area (Å²) >= 11 is 19.7. The first kappa shape index (κ1) is 20.5. The van der Waals surface area contributed by atoms with E-state index in [1.54, 1.807) is 0 Å². The summed E-state index contributed by atoms with van der Waals surface area (Å²) in [6.07, 6.45) is 0. The number of anilines is 1. The molecule has 3 aromatic carbocycles. The van der Waals surface area contributed by atoms with Gasteiger partial charge in [-0.1, -0.05) is 67.2 Å². The van der Waals surface area contributed by atoms with Gasteiger partial charge in [0, 0.05) is 21.2 Å². The van der Waals surface area contributed by atoms with Crippen LogP contribution in [-0.4, -0.2) is 0 Å². The van der Waals surface area contributed by atoms with Crippen molar-refractivity contribution in [1.82, 2.24) is 0 Å². The minimum absolute atomic E-state index is 0.405. The molecule has 0 spiro atoms. The first-order valence-electron chi connectivity index (χ1n) is 8.27. The van der Waals surface area contributed by atoms with Crippen molar-refractivity contribution in [2.75, 3.05) is 5.32 Å². The summed E-state index contributed by atoms with van der Waals surface area (Å²) in [7, 11) is 0. The SMILES string of the molecule is Cc1cc(Br)ccc1NCc1cc(Cl)c(OCc2ccc(Br)cc2)c(Cl)c1. The van der Waals surface area contributed by atoms with Gasteiger partial charge in [0.05, 0.1) is 10.0 Å². The molecule has 0 aliphatic carbocycles. The van der Waals surface area contributed by atoms with Crippen LogP contribution in [0.3, 0.4) is 0 Å². The van der Waals surface area contributed by atoms with Crippen molar-refractivity contribution in [3.8, 4) is 5.75 Å². The van der Waals surface area contributed by atoms with Gasteiger partial charge in [-0.2, -0.15) is 0 Å². The Kier molecular flexibility index (Phi) is 7.10. The third-order valence-corrected chi connectivity index (χ3v) is 5.61. The van der Waals surface area contributed by atoms with Crippen LogP contribution in [0.25, 0.3) is 0 Å². The lowest BCUT2D eigenvalue weighted by molar-refractivity contribution is 0.306. The lowest BCUT2D eigenvalue weighted by Gasteiger charge is -2.14. The smallest absolute Gasteiger partial charge is 0.156 e. The molecule has 0 radical (unpaired) electrons. The predicted molar refractivity (Wildman–Crippen MR) is 121 cm³/mol. The Morgan fingerprint density at radius 2 is 1.48 bits per heavy atom. The number of hydrogen-bond donors (Lipinski definition) is 1. The number of halogens is 4. The predicted octanol–water partition coefficient (Wildman–Crippen LogP) is 8.02. The van der Waals surface area contributed by atoms with Crippen molar-refractivity contribution in [3.63, 3.8) is 0 Å². The van der Waals surface area contributed by atoms with Crippen LogP contribution in [0.5, 0.6) is 5.75 Å².